The molecule has 1 aromatic rings. The van der Waals surface area contributed by atoms with Crippen molar-refractivity contribution < 1.29 is 57.2 Å². The molecule has 0 aliphatic heterocycles. The molecule has 0 saturated heterocycles. The quantitative estimate of drug-likeness (QED) is 0.0466. The molecule has 5 N–H and O–H groups in total. The number of rotatable bonds is 28. The number of carbonyl (C=O) groups excluding carboxylic acids is 6. The molecule has 1 aromatic carbocycles. The topological polar surface area (TPSA) is 218 Å². The molecule has 5 amide bonds. The number of alkyl carbamates (subject to hydrolysis) is 2. The van der Waals surface area contributed by atoms with Crippen molar-refractivity contribution in [2.75, 3.05) is 59.3 Å². The Kier molecular flexibility index (Phi) is 25.6. The Labute approximate surface area is 337 Å². The molecular weight excluding hydrogens is 742 g/mol. The molecule has 0 bridgehead atoms. The van der Waals surface area contributed by atoms with E-state index in [4.69, 9.17) is 28.4 Å². The molecule has 0 heterocycles. The third kappa shape index (κ3) is 29.4. The average Bonchev–Trinajstić information content (AvgIpc) is 3.11. The number of benzene rings is 1. The third-order valence-corrected chi connectivity index (χ3v) is 7.49. The fourth-order valence-electron chi connectivity index (χ4n) is 4.85. The summed E-state index contributed by atoms with van der Waals surface area (Å²) in [6.45, 7) is 14.6. The highest BCUT2D eigenvalue weighted by Gasteiger charge is 2.30. The number of ether oxygens (including phenoxy) is 6. The van der Waals surface area contributed by atoms with Crippen LogP contribution in [-0.4, -0.2) is 118 Å². The third-order valence-electron chi connectivity index (χ3n) is 7.49. The molecular formula is C40H67N5O12. The number of nitrogens with one attached hydrogen (secondary N) is 5. The largest absolute Gasteiger partial charge is 0.458 e. The Morgan fingerprint density at radius 3 is 1.74 bits per heavy atom. The minimum absolute atomic E-state index is 0.0213. The summed E-state index contributed by atoms with van der Waals surface area (Å²) in [6.07, 6.45) is 1.50. The van der Waals surface area contributed by atoms with Crippen LogP contribution >= 0.6 is 0 Å². The van der Waals surface area contributed by atoms with E-state index in [0.717, 1.165) is 5.56 Å². The highest BCUT2D eigenvalue weighted by atomic mass is 16.6. The van der Waals surface area contributed by atoms with Crippen molar-refractivity contribution >= 4 is 35.9 Å². The van der Waals surface area contributed by atoms with Crippen LogP contribution in [0.1, 0.15) is 99.0 Å². The number of esters is 1. The second kappa shape index (κ2) is 28.8. The van der Waals surface area contributed by atoms with Crippen LogP contribution in [0.15, 0.2) is 30.3 Å². The van der Waals surface area contributed by atoms with Gasteiger partial charge in [-0.25, -0.2) is 14.4 Å². The zero-order chi connectivity index (χ0) is 42.5. The maximum absolute atomic E-state index is 13.6. The van der Waals surface area contributed by atoms with E-state index in [0.29, 0.717) is 58.6 Å². The minimum Gasteiger partial charge on any atom is -0.458 e. The fraction of sp³-hybridized carbons (Fsp3) is 0.700. The Balaban J connectivity index is 2.52. The van der Waals surface area contributed by atoms with Gasteiger partial charge in [-0.15, -0.1) is 0 Å². The first-order chi connectivity index (χ1) is 26.9. The molecule has 0 spiro atoms. The van der Waals surface area contributed by atoms with Crippen LogP contribution in [0, 0.1) is 0 Å². The van der Waals surface area contributed by atoms with Crippen molar-refractivity contribution in [1.82, 2.24) is 26.6 Å². The van der Waals surface area contributed by atoms with Crippen molar-refractivity contribution in [3.63, 3.8) is 0 Å². The van der Waals surface area contributed by atoms with Gasteiger partial charge < -0.3 is 55.0 Å². The summed E-state index contributed by atoms with van der Waals surface area (Å²) in [6, 6.07) is 7.43. The summed E-state index contributed by atoms with van der Waals surface area (Å²) in [7, 11) is 0. The summed E-state index contributed by atoms with van der Waals surface area (Å²) >= 11 is 0. The monoisotopic (exact) mass is 809 g/mol. The first kappa shape index (κ1) is 50.5. The lowest BCUT2D eigenvalue weighted by molar-refractivity contribution is -0.159. The molecule has 0 aromatic heterocycles. The first-order valence-corrected chi connectivity index (χ1v) is 19.7. The van der Waals surface area contributed by atoms with Gasteiger partial charge in [-0.05, 0) is 85.6 Å². The van der Waals surface area contributed by atoms with E-state index in [9.17, 15) is 28.8 Å². The second-order valence-electron chi connectivity index (χ2n) is 15.2. The number of hydrogen-bond acceptors (Lipinski definition) is 12. The minimum atomic E-state index is -0.971. The van der Waals surface area contributed by atoms with Crippen molar-refractivity contribution in [3.8, 4) is 0 Å². The molecule has 0 aliphatic rings. The first-order valence-electron chi connectivity index (χ1n) is 19.7. The van der Waals surface area contributed by atoms with E-state index in [2.05, 4.69) is 26.6 Å². The van der Waals surface area contributed by atoms with Gasteiger partial charge in [-0.2, -0.15) is 0 Å². The van der Waals surface area contributed by atoms with E-state index >= 15 is 0 Å². The van der Waals surface area contributed by atoms with Crippen LogP contribution in [0.3, 0.4) is 0 Å². The molecule has 57 heavy (non-hydrogen) atoms. The van der Waals surface area contributed by atoms with Crippen molar-refractivity contribution in [3.05, 3.63) is 35.9 Å². The molecule has 0 saturated carbocycles. The molecule has 0 aliphatic carbocycles. The molecule has 324 valence electrons. The normalized spacial score (nSPS) is 12.4. The smallest absolute Gasteiger partial charge is 0.407 e. The second-order valence-corrected chi connectivity index (χ2v) is 15.2. The van der Waals surface area contributed by atoms with Gasteiger partial charge in [0.25, 0.3) is 0 Å². The van der Waals surface area contributed by atoms with Gasteiger partial charge >= 0.3 is 18.2 Å². The van der Waals surface area contributed by atoms with E-state index < -0.39 is 53.3 Å². The van der Waals surface area contributed by atoms with Crippen LogP contribution in [0.2, 0.25) is 0 Å². The highest BCUT2D eigenvalue weighted by Crippen LogP contribution is 2.13. The Hall–Kier alpha value is -4.48. The summed E-state index contributed by atoms with van der Waals surface area (Å²) in [4.78, 5) is 74.6. The summed E-state index contributed by atoms with van der Waals surface area (Å²) in [5.41, 5.74) is -0.532. The lowest BCUT2D eigenvalue weighted by Crippen LogP contribution is -2.52. The highest BCUT2D eigenvalue weighted by molar-refractivity contribution is 5.90. The van der Waals surface area contributed by atoms with Crippen LogP contribution < -0.4 is 26.6 Å². The number of carbonyl (C=O) groups is 6. The molecule has 2 atom stereocenters. The number of amides is 5. The van der Waals surface area contributed by atoms with Gasteiger partial charge in [0.1, 0.15) is 29.9 Å². The molecule has 17 heteroatoms. The molecule has 0 radical (unpaired) electrons. The summed E-state index contributed by atoms with van der Waals surface area (Å²) in [5, 5.41) is 13.5. The predicted molar refractivity (Wildman–Crippen MR) is 212 cm³/mol. The van der Waals surface area contributed by atoms with Crippen molar-refractivity contribution in [2.45, 2.75) is 123 Å². The van der Waals surface area contributed by atoms with Crippen LogP contribution in [0.25, 0.3) is 0 Å². The van der Waals surface area contributed by atoms with Crippen molar-refractivity contribution in [2.24, 2.45) is 0 Å². The summed E-state index contributed by atoms with van der Waals surface area (Å²) < 4.78 is 32.4. The Morgan fingerprint density at radius 1 is 0.596 bits per heavy atom. The van der Waals surface area contributed by atoms with Gasteiger partial charge in [0.05, 0.1) is 39.6 Å². The zero-order valence-electron chi connectivity index (χ0n) is 35.0. The van der Waals surface area contributed by atoms with Crippen molar-refractivity contribution in [1.29, 1.82) is 0 Å². The lowest BCUT2D eigenvalue weighted by atomic mass is 10.1. The van der Waals surface area contributed by atoms with Crippen LogP contribution in [-0.2, 0) is 54.2 Å². The predicted octanol–water partition coefficient (Wildman–Crippen LogP) is 3.67. The maximum Gasteiger partial charge on any atom is 0.407 e. The zero-order valence-corrected chi connectivity index (χ0v) is 35.0. The molecule has 0 unspecified atom stereocenters. The molecule has 17 nitrogen and oxygen atoms in total. The average molecular weight is 810 g/mol. The fourth-order valence-corrected chi connectivity index (χ4v) is 4.85. The lowest BCUT2D eigenvalue weighted by Gasteiger charge is -2.26. The standard InChI is InChI=1S/C40H67N5O12/c1-30(46)41-20-13-12-18-33(36(49)56-39(2,3)4)45-35(48)32(17-11-14-21-42-38(51)57-40(5,6)7)44-34(47)19-23-52-25-27-54-28-26-53-24-22-43-37(50)55-29-31-15-9-8-10-16-31/h8-10,15-16,32-33H,11-14,17-29H2,1-7H3,(H,41,46)(H,42,51)(H,43,50)(H,44,47)(H,45,48)/t32-,33-/m0/s1. The Morgan fingerprint density at radius 2 is 1.14 bits per heavy atom. The van der Waals surface area contributed by atoms with E-state index in [-0.39, 0.29) is 58.1 Å². The van der Waals surface area contributed by atoms with E-state index in [1.165, 1.54) is 6.92 Å². The molecule has 1 rings (SSSR count). The number of unbranched alkanes of at least 4 members (excludes halogenated alkanes) is 2. The van der Waals surface area contributed by atoms with E-state index in [1.54, 1.807) is 41.5 Å². The molecule has 0 fully saturated rings. The van der Waals surface area contributed by atoms with Crippen LogP contribution in [0.5, 0.6) is 0 Å². The number of hydrogen-bond donors (Lipinski definition) is 5. The van der Waals surface area contributed by atoms with Gasteiger partial charge in [0.2, 0.25) is 17.7 Å². The van der Waals surface area contributed by atoms with Crippen LogP contribution in [0.4, 0.5) is 9.59 Å². The summed E-state index contributed by atoms with van der Waals surface area (Å²) in [5.74, 6) is -1.72. The van der Waals surface area contributed by atoms with Gasteiger partial charge in [-0.3, -0.25) is 14.4 Å². The SMILES string of the molecule is CC(=O)NCCCC[C@H](NC(=O)[C@H](CCCCNC(=O)OC(C)(C)C)NC(=O)CCOCCOCCOCCNC(=O)OCc1ccccc1)C(=O)OC(C)(C)C. The van der Waals surface area contributed by atoms with E-state index in [1.807, 2.05) is 30.3 Å². The van der Waals surface area contributed by atoms with Gasteiger partial charge in [0.15, 0.2) is 0 Å². The maximum atomic E-state index is 13.6. The van der Waals surface area contributed by atoms with Gasteiger partial charge in [-0.1, -0.05) is 30.3 Å². The van der Waals surface area contributed by atoms with Gasteiger partial charge in [0, 0.05) is 33.0 Å². The Bertz CT molecular complexity index is 1330.